The van der Waals surface area contributed by atoms with Crippen molar-refractivity contribution in [1.29, 1.82) is 0 Å². The Labute approximate surface area is 87.5 Å². The molecule has 78 valence electrons. The van der Waals surface area contributed by atoms with Gasteiger partial charge in [0, 0.05) is 6.54 Å². The minimum Gasteiger partial charge on any atom is -0.296 e. The zero-order valence-corrected chi connectivity index (χ0v) is 8.10. The SMILES string of the molecule is O=C1NNC[C@H]1N/N=C\c1ccccc1. The van der Waals surface area contributed by atoms with Gasteiger partial charge in [-0.2, -0.15) is 5.10 Å². The first-order valence-corrected chi connectivity index (χ1v) is 4.72. The smallest absolute Gasteiger partial charge is 0.259 e. The number of hydrazine groups is 1. The summed E-state index contributed by atoms with van der Waals surface area (Å²) >= 11 is 0. The number of hydrogen-bond acceptors (Lipinski definition) is 4. The second-order valence-electron chi connectivity index (χ2n) is 3.22. The van der Waals surface area contributed by atoms with Gasteiger partial charge in [0.25, 0.3) is 5.91 Å². The fraction of sp³-hybridized carbons (Fsp3) is 0.200. The van der Waals surface area contributed by atoms with E-state index < -0.39 is 0 Å². The van der Waals surface area contributed by atoms with Crippen molar-refractivity contribution in [2.75, 3.05) is 6.54 Å². The summed E-state index contributed by atoms with van der Waals surface area (Å²) < 4.78 is 0. The molecule has 1 aliphatic rings. The second kappa shape index (κ2) is 4.56. The van der Waals surface area contributed by atoms with Gasteiger partial charge in [-0.3, -0.25) is 15.6 Å². The van der Waals surface area contributed by atoms with Crippen LogP contribution in [0.3, 0.4) is 0 Å². The molecular weight excluding hydrogens is 192 g/mol. The highest BCUT2D eigenvalue weighted by molar-refractivity contribution is 5.84. The van der Waals surface area contributed by atoms with Crippen molar-refractivity contribution in [2.24, 2.45) is 5.10 Å². The van der Waals surface area contributed by atoms with Crippen LogP contribution in [0.15, 0.2) is 35.4 Å². The van der Waals surface area contributed by atoms with Gasteiger partial charge in [0.1, 0.15) is 6.04 Å². The number of nitrogens with zero attached hydrogens (tertiary/aromatic N) is 1. The Morgan fingerprint density at radius 2 is 2.20 bits per heavy atom. The fourth-order valence-electron chi connectivity index (χ4n) is 1.27. The van der Waals surface area contributed by atoms with Gasteiger partial charge in [-0.1, -0.05) is 30.3 Å². The minimum atomic E-state index is -0.287. The van der Waals surface area contributed by atoms with Crippen molar-refractivity contribution in [1.82, 2.24) is 16.3 Å². The maximum absolute atomic E-state index is 11.1. The summed E-state index contributed by atoms with van der Waals surface area (Å²) in [6.07, 6.45) is 1.69. The number of hydrazone groups is 1. The highest BCUT2D eigenvalue weighted by atomic mass is 16.2. The van der Waals surface area contributed by atoms with E-state index >= 15 is 0 Å². The van der Waals surface area contributed by atoms with Gasteiger partial charge in [0.15, 0.2) is 0 Å². The molecular formula is C10H12N4O. The molecule has 0 saturated carbocycles. The van der Waals surface area contributed by atoms with E-state index in [0.29, 0.717) is 6.54 Å². The second-order valence-corrected chi connectivity index (χ2v) is 3.22. The summed E-state index contributed by atoms with van der Waals surface area (Å²) in [6, 6.07) is 9.41. The van der Waals surface area contributed by atoms with E-state index in [9.17, 15) is 4.79 Å². The molecule has 1 fully saturated rings. The number of benzene rings is 1. The molecule has 1 aromatic carbocycles. The molecule has 1 amide bonds. The Bertz CT molecular complexity index is 363. The molecule has 1 heterocycles. The largest absolute Gasteiger partial charge is 0.296 e. The number of amides is 1. The molecule has 1 aliphatic heterocycles. The number of nitrogens with one attached hydrogen (secondary N) is 3. The molecule has 1 aromatic rings. The summed E-state index contributed by atoms with van der Waals surface area (Å²) in [5, 5.41) is 4.00. The van der Waals surface area contributed by atoms with Gasteiger partial charge >= 0.3 is 0 Å². The van der Waals surface area contributed by atoms with E-state index in [0.717, 1.165) is 5.56 Å². The summed E-state index contributed by atoms with van der Waals surface area (Å²) in [4.78, 5) is 11.1. The third-order valence-corrected chi connectivity index (χ3v) is 2.08. The molecule has 5 heteroatoms. The summed E-state index contributed by atoms with van der Waals surface area (Å²) in [5.74, 6) is -0.0831. The van der Waals surface area contributed by atoms with Crippen LogP contribution in [0.25, 0.3) is 0 Å². The normalized spacial score (nSPS) is 20.5. The van der Waals surface area contributed by atoms with E-state index in [2.05, 4.69) is 21.4 Å². The number of carbonyl (C=O) groups excluding carboxylic acids is 1. The standard InChI is InChI=1S/C10H12N4O/c15-10-9(7-12-14-10)13-11-6-8-4-2-1-3-5-8/h1-6,9,12-13H,7H2,(H,14,15)/b11-6-/t9-/m1/s1. The maximum atomic E-state index is 11.1. The van der Waals surface area contributed by atoms with Crippen LogP contribution in [0.4, 0.5) is 0 Å². The van der Waals surface area contributed by atoms with E-state index in [1.807, 2.05) is 30.3 Å². The van der Waals surface area contributed by atoms with Gasteiger partial charge in [-0.25, -0.2) is 5.43 Å². The lowest BCUT2D eigenvalue weighted by molar-refractivity contribution is -0.121. The van der Waals surface area contributed by atoms with Crippen LogP contribution in [0.5, 0.6) is 0 Å². The zero-order chi connectivity index (χ0) is 10.5. The maximum Gasteiger partial charge on any atom is 0.259 e. The van der Waals surface area contributed by atoms with Crippen LogP contribution < -0.4 is 16.3 Å². The Morgan fingerprint density at radius 3 is 2.87 bits per heavy atom. The molecule has 0 bridgehead atoms. The minimum absolute atomic E-state index is 0.0831. The lowest BCUT2D eigenvalue weighted by Crippen LogP contribution is -2.34. The Morgan fingerprint density at radius 1 is 1.40 bits per heavy atom. The van der Waals surface area contributed by atoms with Crippen molar-refractivity contribution >= 4 is 12.1 Å². The molecule has 0 aliphatic carbocycles. The van der Waals surface area contributed by atoms with Crippen molar-refractivity contribution < 1.29 is 4.79 Å². The molecule has 0 unspecified atom stereocenters. The summed E-state index contributed by atoms with van der Waals surface area (Å²) in [6.45, 7) is 0.547. The molecule has 1 atom stereocenters. The topological polar surface area (TPSA) is 65.5 Å². The molecule has 0 spiro atoms. The number of carbonyl (C=O) groups is 1. The van der Waals surface area contributed by atoms with Crippen LogP contribution in [0, 0.1) is 0 Å². The number of hydrogen-bond donors (Lipinski definition) is 3. The molecule has 1 saturated heterocycles. The molecule has 0 radical (unpaired) electrons. The van der Waals surface area contributed by atoms with Crippen molar-refractivity contribution in [2.45, 2.75) is 6.04 Å². The molecule has 0 aromatic heterocycles. The lowest BCUT2D eigenvalue weighted by Gasteiger charge is -2.03. The summed E-state index contributed by atoms with van der Waals surface area (Å²) in [7, 11) is 0. The third kappa shape index (κ3) is 2.54. The first-order valence-electron chi connectivity index (χ1n) is 4.72. The Balaban J connectivity index is 1.88. The predicted molar refractivity (Wildman–Crippen MR) is 57.1 cm³/mol. The van der Waals surface area contributed by atoms with Crippen LogP contribution >= 0.6 is 0 Å². The van der Waals surface area contributed by atoms with E-state index in [1.165, 1.54) is 0 Å². The van der Waals surface area contributed by atoms with Crippen LogP contribution in [0.2, 0.25) is 0 Å². The third-order valence-electron chi connectivity index (χ3n) is 2.08. The quantitative estimate of drug-likeness (QED) is 0.464. The summed E-state index contributed by atoms with van der Waals surface area (Å²) in [5.41, 5.74) is 9.00. The number of rotatable bonds is 3. The molecule has 3 N–H and O–H groups in total. The van der Waals surface area contributed by atoms with Crippen LogP contribution in [-0.2, 0) is 4.79 Å². The predicted octanol–water partition coefficient (Wildman–Crippen LogP) is -0.387. The average molecular weight is 204 g/mol. The Hall–Kier alpha value is -1.88. The lowest BCUT2D eigenvalue weighted by atomic mass is 10.2. The fourth-order valence-corrected chi connectivity index (χ4v) is 1.27. The highest BCUT2D eigenvalue weighted by Gasteiger charge is 2.22. The Kier molecular flexibility index (Phi) is 2.94. The van der Waals surface area contributed by atoms with Gasteiger partial charge in [0.2, 0.25) is 0 Å². The van der Waals surface area contributed by atoms with Gasteiger partial charge in [-0.15, -0.1) is 0 Å². The molecule has 15 heavy (non-hydrogen) atoms. The van der Waals surface area contributed by atoms with Crippen LogP contribution in [0.1, 0.15) is 5.56 Å². The zero-order valence-electron chi connectivity index (χ0n) is 8.10. The first-order chi connectivity index (χ1) is 7.36. The van der Waals surface area contributed by atoms with Gasteiger partial charge in [-0.05, 0) is 5.56 Å². The molecule has 5 nitrogen and oxygen atoms in total. The monoisotopic (exact) mass is 204 g/mol. The van der Waals surface area contributed by atoms with E-state index in [4.69, 9.17) is 0 Å². The van der Waals surface area contributed by atoms with Crippen LogP contribution in [-0.4, -0.2) is 24.7 Å². The van der Waals surface area contributed by atoms with Gasteiger partial charge < -0.3 is 0 Å². The van der Waals surface area contributed by atoms with Gasteiger partial charge in [0.05, 0.1) is 6.21 Å². The van der Waals surface area contributed by atoms with Crippen molar-refractivity contribution in [3.05, 3.63) is 35.9 Å². The molecule has 2 rings (SSSR count). The van der Waals surface area contributed by atoms with E-state index in [-0.39, 0.29) is 11.9 Å². The average Bonchev–Trinajstić information content (AvgIpc) is 2.66. The van der Waals surface area contributed by atoms with E-state index in [1.54, 1.807) is 6.21 Å². The first kappa shape index (κ1) is 9.67. The van der Waals surface area contributed by atoms with Crippen molar-refractivity contribution in [3.63, 3.8) is 0 Å². The highest BCUT2D eigenvalue weighted by Crippen LogP contribution is 1.94. The van der Waals surface area contributed by atoms with Crippen molar-refractivity contribution in [3.8, 4) is 0 Å².